The standard InChI is InChI=1S/C26H34N2O3/c1-26(2,3)11-10-24-23-7-5-4-6-20(23)8-9-25(24)31-19-22(29)18-27-16-21(17-27)28-12-14-30-15-13-28/h4-9,21-22,29H,12-19H2,1-3H3. The van der Waals surface area contributed by atoms with Crippen LogP contribution in [-0.2, 0) is 4.74 Å². The zero-order valence-corrected chi connectivity index (χ0v) is 18.9. The second kappa shape index (κ2) is 9.58. The Balaban J connectivity index is 1.36. The van der Waals surface area contributed by atoms with Gasteiger partial charge < -0.3 is 14.6 Å². The van der Waals surface area contributed by atoms with Gasteiger partial charge in [-0.1, -0.05) is 42.2 Å². The van der Waals surface area contributed by atoms with Crippen molar-refractivity contribution in [3.05, 3.63) is 42.0 Å². The van der Waals surface area contributed by atoms with Crippen molar-refractivity contribution in [3.8, 4) is 17.6 Å². The van der Waals surface area contributed by atoms with Crippen LogP contribution in [0.25, 0.3) is 10.8 Å². The van der Waals surface area contributed by atoms with E-state index in [1.807, 2.05) is 18.2 Å². The normalized spacial score (nSPS) is 19.5. The molecule has 0 radical (unpaired) electrons. The lowest BCUT2D eigenvalue weighted by Crippen LogP contribution is -2.62. The summed E-state index contributed by atoms with van der Waals surface area (Å²) in [5.74, 6) is 7.41. The van der Waals surface area contributed by atoms with Crippen molar-refractivity contribution < 1.29 is 14.6 Å². The highest BCUT2D eigenvalue weighted by molar-refractivity contribution is 5.90. The zero-order chi connectivity index (χ0) is 21.8. The molecule has 31 heavy (non-hydrogen) atoms. The topological polar surface area (TPSA) is 45.2 Å². The van der Waals surface area contributed by atoms with Crippen LogP contribution < -0.4 is 4.74 Å². The number of aliphatic hydroxyl groups is 1. The molecule has 5 nitrogen and oxygen atoms in total. The molecule has 2 aromatic carbocycles. The summed E-state index contributed by atoms with van der Waals surface area (Å²) >= 11 is 0. The number of fused-ring (bicyclic) bond motifs is 1. The Morgan fingerprint density at radius 2 is 1.87 bits per heavy atom. The number of hydrogen-bond donors (Lipinski definition) is 1. The van der Waals surface area contributed by atoms with Crippen molar-refractivity contribution in [1.29, 1.82) is 0 Å². The predicted molar refractivity (Wildman–Crippen MR) is 124 cm³/mol. The number of ether oxygens (including phenoxy) is 2. The van der Waals surface area contributed by atoms with E-state index in [9.17, 15) is 5.11 Å². The minimum atomic E-state index is -0.527. The molecule has 1 unspecified atom stereocenters. The Morgan fingerprint density at radius 1 is 1.13 bits per heavy atom. The van der Waals surface area contributed by atoms with Crippen LogP contribution in [0.2, 0.25) is 0 Å². The number of hydrogen-bond acceptors (Lipinski definition) is 5. The molecule has 0 spiro atoms. The highest BCUT2D eigenvalue weighted by Crippen LogP contribution is 2.28. The summed E-state index contributed by atoms with van der Waals surface area (Å²) in [5.41, 5.74) is 0.805. The average molecular weight is 423 g/mol. The molecular weight excluding hydrogens is 388 g/mol. The van der Waals surface area contributed by atoms with Crippen LogP contribution in [0.3, 0.4) is 0 Å². The predicted octanol–water partition coefficient (Wildman–Crippen LogP) is 2.99. The number of rotatable bonds is 6. The van der Waals surface area contributed by atoms with Gasteiger partial charge in [-0.15, -0.1) is 0 Å². The van der Waals surface area contributed by atoms with Gasteiger partial charge in [0.2, 0.25) is 0 Å². The fourth-order valence-corrected chi connectivity index (χ4v) is 4.15. The third-order valence-electron chi connectivity index (χ3n) is 5.85. The number of morpholine rings is 1. The van der Waals surface area contributed by atoms with E-state index in [-0.39, 0.29) is 12.0 Å². The van der Waals surface area contributed by atoms with Gasteiger partial charge in [0.1, 0.15) is 18.5 Å². The van der Waals surface area contributed by atoms with Crippen molar-refractivity contribution in [2.24, 2.45) is 5.41 Å². The highest BCUT2D eigenvalue weighted by atomic mass is 16.5. The second-order valence-electron chi connectivity index (χ2n) is 9.65. The van der Waals surface area contributed by atoms with Crippen LogP contribution in [0, 0.1) is 17.3 Å². The maximum atomic E-state index is 10.6. The first-order valence-electron chi connectivity index (χ1n) is 11.3. The molecular formula is C26H34N2O3. The number of aliphatic hydroxyl groups excluding tert-OH is 1. The van der Waals surface area contributed by atoms with Gasteiger partial charge in [-0.2, -0.15) is 0 Å². The quantitative estimate of drug-likeness (QED) is 0.725. The van der Waals surface area contributed by atoms with E-state index < -0.39 is 6.10 Å². The molecule has 2 aliphatic heterocycles. The van der Waals surface area contributed by atoms with Crippen molar-refractivity contribution in [1.82, 2.24) is 9.80 Å². The summed E-state index contributed by atoms with van der Waals surface area (Å²) < 4.78 is 11.5. The maximum absolute atomic E-state index is 10.6. The molecule has 0 aliphatic carbocycles. The van der Waals surface area contributed by atoms with Crippen molar-refractivity contribution in [2.75, 3.05) is 52.5 Å². The van der Waals surface area contributed by atoms with Crippen LogP contribution >= 0.6 is 0 Å². The molecule has 0 saturated carbocycles. The number of benzene rings is 2. The molecule has 166 valence electrons. The summed E-state index contributed by atoms with van der Waals surface area (Å²) in [4.78, 5) is 4.80. The van der Waals surface area contributed by atoms with Gasteiger partial charge in [-0.3, -0.25) is 9.80 Å². The lowest BCUT2D eigenvalue weighted by atomic mass is 9.96. The largest absolute Gasteiger partial charge is 0.490 e. The SMILES string of the molecule is CC(C)(C)C#Cc1c(OCC(O)CN2CC(N3CCOCC3)C2)ccc2ccccc12. The number of likely N-dealkylation sites (tertiary alicyclic amines) is 1. The average Bonchev–Trinajstić information content (AvgIpc) is 2.73. The van der Waals surface area contributed by atoms with Gasteiger partial charge in [-0.05, 0) is 32.2 Å². The minimum Gasteiger partial charge on any atom is -0.490 e. The van der Waals surface area contributed by atoms with Crippen LogP contribution in [0.4, 0.5) is 0 Å². The van der Waals surface area contributed by atoms with E-state index in [1.165, 1.54) is 0 Å². The molecule has 1 N–H and O–H groups in total. The van der Waals surface area contributed by atoms with Crippen molar-refractivity contribution in [2.45, 2.75) is 32.9 Å². The third-order valence-corrected chi connectivity index (χ3v) is 5.85. The fraction of sp³-hybridized carbons (Fsp3) is 0.538. The van der Waals surface area contributed by atoms with Gasteiger partial charge >= 0.3 is 0 Å². The lowest BCUT2D eigenvalue weighted by Gasteiger charge is -2.47. The lowest BCUT2D eigenvalue weighted by molar-refractivity contribution is -0.0461. The van der Waals surface area contributed by atoms with Crippen LogP contribution in [-0.4, -0.2) is 79.6 Å². The fourth-order valence-electron chi connectivity index (χ4n) is 4.15. The molecule has 4 rings (SSSR count). The van der Waals surface area contributed by atoms with E-state index in [0.29, 0.717) is 12.6 Å². The molecule has 0 amide bonds. The summed E-state index contributed by atoms with van der Waals surface area (Å²) in [6.45, 7) is 12.9. The number of nitrogens with zero attached hydrogens (tertiary/aromatic N) is 2. The highest BCUT2D eigenvalue weighted by Gasteiger charge is 2.33. The van der Waals surface area contributed by atoms with Gasteiger partial charge in [-0.25, -0.2) is 0 Å². The molecule has 0 aromatic heterocycles. The van der Waals surface area contributed by atoms with Gasteiger partial charge in [0.25, 0.3) is 0 Å². The second-order valence-corrected chi connectivity index (χ2v) is 9.65. The Kier molecular flexibility index (Phi) is 6.83. The monoisotopic (exact) mass is 422 g/mol. The van der Waals surface area contributed by atoms with Gasteiger partial charge in [0.05, 0.1) is 18.8 Å². The Hall–Kier alpha value is -2.10. The molecule has 2 heterocycles. The Morgan fingerprint density at radius 3 is 2.61 bits per heavy atom. The molecule has 5 heteroatoms. The van der Waals surface area contributed by atoms with Crippen LogP contribution in [0.1, 0.15) is 26.3 Å². The molecule has 2 aliphatic rings. The maximum Gasteiger partial charge on any atom is 0.135 e. The summed E-state index contributed by atoms with van der Waals surface area (Å²) in [7, 11) is 0. The third kappa shape index (κ3) is 5.78. The van der Waals surface area contributed by atoms with E-state index in [4.69, 9.17) is 9.47 Å². The molecule has 2 fully saturated rings. The summed E-state index contributed by atoms with van der Waals surface area (Å²) in [5, 5.41) is 12.8. The van der Waals surface area contributed by atoms with Crippen LogP contribution in [0.15, 0.2) is 36.4 Å². The van der Waals surface area contributed by atoms with Crippen molar-refractivity contribution in [3.63, 3.8) is 0 Å². The Labute approximate surface area is 185 Å². The van der Waals surface area contributed by atoms with E-state index in [2.05, 4.69) is 60.6 Å². The van der Waals surface area contributed by atoms with E-state index >= 15 is 0 Å². The first-order chi connectivity index (χ1) is 14.9. The first kappa shape index (κ1) is 22.1. The van der Waals surface area contributed by atoms with Gasteiger partial charge in [0.15, 0.2) is 0 Å². The van der Waals surface area contributed by atoms with Crippen molar-refractivity contribution >= 4 is 10.8 Å². The van der Waals surface area contributed by atoms with E-state index in [1.54, 1.807) is 0 Å². The summed E-state index contributed by atoms with van der Waals surface area (Å²) in [6, 6.07) is 12.9. The summed E-state index contributed by atoms with van der Waals surface area (Å²) in [6.07, 6.45) is -0.527. The van der Waals surface area contributed by atoms with Gasteiger partial charge in [0, 0.05) is 49.6 Å². The molecule has 2 aromatic rings. The molecule has 1 atom stereocenters. The Bertz CT molecular complexity index is 945. The molecule has 2 saturated heterocycles. The van der Waals surface area contributed by atoms with E-state index in [0.717, 1.165) is 61.5 Å². The first-order valence-corrected chi connectivity index (χ1v) is 11.3. The minimum absolute atomic E-state index is 0.0950. The smallest absolute Gasteiger partial charge is 0.135 e. The zero-order valence-electron chi connectivity index (χ0n) is 18.9. The number of β-amino-alcohol motifs (C(OH)–C–C–N with tert-alkyl or cyclic N) is 1. The molecule has 0 bridgehead atoms. The van der Waals surface area contributed by atoms with Crippen LogP contribution in [0.5, 0.6) is 5.75 Å².